The normalized spacial score (nSPS) is 15.5. The number of rotatable bonds is 12. The largest absolute Gasteiger partial charge is 0.0826 e. The SMILES string of the molecule is CCCCCCCCC(/C=C/C(C)(C)C)(CC)CCCC. The van der Waals surface area contributed by atoms with Crippen LogP contribution in [0.2, 0.25) is 0 Å². The van der Waals surface area contributed by atoms with E-state index in [0.29, 0.717) is 10.8 Å². The van der Waals surface area contributed by atoms with Crippen molar-refractivity contribution in [2.75, 3.05) is 0 Å². The highest BCUT2D eigenvalue weighted by Crippen LogP contribution is 2.37. The molecule has 0 nitrogen and oxygen atoms in total. The second kappa shape index (κ2) is 11.3. The maximum absolute atomic E-state index is 2.58. The molecule has 0 radical (unpaired) electrons. The third kappa shape index (κ3) is 11.0. The lowest BCUT2D eigenvalue weighted by atomic mass is 9.74. The van der Waals surface area contributed by atoms with Crippen LogP contribution >= 0.6 is 0 Å². The summed E-state index contributed by atoms with van der Waals surface area (Å²) in [4.78, 5) is 0. The predicted molar refractivity (Wildman–Crippen MR) is 98.8 cm³/mol. The Morgan fingerprint density at radius 2 is 1.14 bits per heavy atom. The standard InChI is InChI=1S/C21H42/c1-7-10-12-13-14-15-17-21(9-3,16-11-8-2)19-18-20(4,5)6/h18-19H,7-17H2,1-6H3/b19-18+. The monoisotopic (exact) mass is 294 g/mol. The highest BCUT2D eigenvalue weighted by molar-refractivity contribution is 5.03. The summed E-state index contributed by atoms with van der Waals surface area (Å²) in [5.41, 5.74) is 0.780. The van der Waals surface area contributed by atoms with Gasteiger partial charge in [-0.1, -0.05) is 105 Å². The molecule has 0 aliphatic rings. The average Bonchev–Trinajstić information content (AvgIpc) is 2.44. The van der Waals surface area contributed by atoms with Crippen LogP contribution in [0.1, 0.15) is 112 Å². The number of unbranched alkanes of at least 4 members (excludes halogenated alkanes) is 6. The first-order valence-corrected chi connectivity index (χ1v) is 9.59. The van der Waals surface area contributed by atoms with Gasteiger partial charge >= 0.3 is 0 Å². The maximum Gasteiger partial charge on any atom is -0.0121 e. The van der Waals surface area contributed by atoms with Crippen molar-refractivity contribution in [3.8, 4) is 0 Å². The molecule has 1 atom stereocenters. The van der Waals surface area contributed by atoms with Gasteiger partial charge in [0.2, 0.25) is 0 Å². The molecule has 0 aromatic carbocycles. The van der Waals surface area contributed by atoms with E-state index in [1.165, 1.54) is 70.6 Å². The van der Waals surface area contributed by atoms with E-state index in [1.807, 2.05) is 0 Å². The molecule has 0 amide bonds. The van der Waals surface area contributed by atoms with Crippen molar-refractivity contribution in [2.24, 2.45) is 10.8 Å². The summed E-state index contributed by atoms with van der Waals surface area (Å²) in [6.45, 7) is 13.9. The highest BCUT2D eigenvalue weighted by Gasteiger charge is 2.24. The van der Waals surface area contributed by atoms with Gasteiger partial charge in [0, 0.05) is 0 Å². The molecule has 0 aliphatic carbocycles. The molecule has 0 saturated carbocycles. The molecular formula is C21H42. The fourth-order valence-electron chi connectivity index (χ4n) is 2.98. The molecule has 21 heavy (non-hydrogen) atoms. The van der Waals surface area contributed by atoms with Gasteiger partial charge < -0.3 is 0 Å². The minimum absolute atomic E-state index is 0.313. The van der Waals surface area contributed by atoms with Gasteiger partial charge in [-0.3, -0.25) is 0 Å². The van der Waals surface area contributed by atoms with Crippen molar-refractivity contribution in [3.05, 3.63) is 12.2 Å². The van der Waals surface area contributed by atoms with Crippen LogP contribution in [0.4, 0.5) is 0 Å². The Morgan fingerprint density at radius 1 is 0.619 bits per heavy atom. The number of hydrogen-bond donors (Lipinski definition) is 0. The van der Waals surface area contributed by atoms with Crippen molar-refractivity contribution < 1.29 is 0 Å². The molecule has 0 spiro atoms. The van der Waals surface area contributed by atoms with Gasteiger partial charge in [-0.15, -0.1) is 0 Å². The third-order valence-corrected chi connectivity index (χ3v) is 4.70. The lowest BCUT2D eigenvalue weighted by Gasteiger charge is -2.31. The summed E-state index contributed by atoms with van der Waals surface area (Å²) in [6, 6.07) is 0. The lowest BCUT2D eigenvalue weighted by Crippen LogP contribution is -2.18. The number of allylic oxidation sites excluding steroid dienone is 2. The topological polar surface area (TPSA) is 0 Å². The quantitative estimate of drug-likeness (QED) is 0.253. The molecule has 0 heterocycles. The zero-order valence-corrected chi connectivity index (χ0v) is 15.9. The minimum atomic E-state index is 0.313. The summed E-state index contributed by atoms with van der Waals surface area (Å²) in [5, 5.41) is 0. The molecular weight excluding hydrogens is 252 g/mol. The third-order valence-electron chi connectivity index (χ3n) is 4.70. The molecule has 0 N–H and O–H groups in total. The van der Waals surface area contributed by atoms with E-state index in [1.54, 1.807) is 0 Å². The zero-order valence-electron chi connectivity index (χ0n) is 15.9. The Kier molecular flexibility index (Phi) is 11.2. The molecule has 0 rings (SSSR count). The zero-order chi connectivity index (χ0) is 16.2. The van der Waals surface area contributed by atoms with Gasteiger partial charge in [0.15, 0.2) is 0 Å². The second-order valence-electron chi connectivity index (χ2n) is 8.04. The summed E-state index contributed by atoms with van der Waals surface area (Å²) in [6.07, 6.45) is 20.3. The van der Waals surface area contributed by atoms with Crippen LogP contribution in [0.3, 0.4) is 0 Å². The fraction of sp³-hybridized carbons (Fsp3) is 0.905. The Bertz CT molecular complexity index is 256. The van der Waals surface area contributed by atoms with E-state index in [2.05, 4.69) is 53.7 Å². The van der Waals surface area contributed by atoms with Crippen LogP contribution in [0.25, 0.3) is 0 Å². The van der Waals surface area contributed by atoms with Crippen LogP contribution in [-0.2, 0) is 0 Å². The maximum atomic E-state index is 2.58. The van der Waals surface area contributed by atoms with E-state index >= 15 is 0 Å². The van der Waals surface area contributed by atoms with E-state index in [9.17, 15) is 0 Å². The van der Waals surface area contributed by atoms with E-state index in [0.717, 1.165) is 0 Å². The van der Waals surface area contributed by atoms with Crippen molar-refractivity contribution in [1.82, 2.24) is 0 Å². The van der Waals surface area contributed by atoms with Crippen molar-refractivity contribution in [2.45, 2.75) is 112 Å². The van der Waals surface area contributed by atoms with Crippen molar-refractivity contribution >= 4 is 0 Å². The van der Waals surface area contributed by atoms with Crippen LogP contribution < -0.4 is 0 Å². The summed E-state index contributed by atoms with van der Waals surface area (Å²) < 4.78 is 0. The first-order chi connectivity index (χ1) is 9.89. The Labute approximate surface area is 135 Å². The van der Waals surface area contributed by atoms with E-state index < -0.39 is 0 Å². The summed E-state index contributed by atoms with van der Waals surface area (Å²) in [7, 11) is 0. The van der Waals surface area contributed by atoms with Crippen LogP contribution in [-0.4, -0.2) is 0 Å². The number of hydrogen-bond acceptors (Lipinski definition) is 0. The Balaban J connectivity index is 4.45. The van der Waals surface area contributed by atoms with E-state index in [-0.39, 0.29) is 0 Å². The van der Waals surface area contributed by atoms with Gasteiger partial charge in [0.25, 0.3) is 0 Å². The van der Waals surface area contributed by atoms with Gasteiger partial charge in [-0.05, 0) is 30.1 Å². The molecule has 1 unspecified atom stereocenters. The van der Waals surface area contributed by atoms with Crippen LogP contribution in [0.5, 0.6) is 0 Å². The molecule has 0 saturated heterocycles. The molecule has 0 heteroatoms. The minimum Gasteiger partial charge on any atom is -0.0826 e. The Morgan fingerprint density at radius 3 is 1.67 bits per heavy atom. The molecule has 126 valence electrons. The van der Waals surface area contributed by atoms with Crippen LogP contribution in [0.15, 0.2) is 12.2 Å². The molecule has 0 aliphatic heterocycles. The van der Waals surface area contributed by atoms with Gasteiger partial charge in [0.1, 0.15) is 0 Å². The van der Waals surface area contributed by atoms with Gasteiger partial charge in [-0.25, -0.2) is 0 Å². The molecule has 0 aromatic rings. The van der Waals surface area contributed by atoms with Gasteiger partial charge in [0.05, 0.1) is 0 Å². The lowest BCUT2D eigenvalue weighted by molar-refractivity contribution is 0.285. The second-order valence-corrected chi connectivity index (χ2v) is 8.04. The first-order valence-electron chi connectivity index (χ1n) is 9.59. The summed E-state index contributed by atoms with van der Waals surface area (Å²) >= 11 is 0. The summed E-state index contributed by atoms with van der Waals surface area (Å²) in [5.74, 6) is 0. The Hall–Kier alpha value is -0.260. The highest BCUT2D eigenvalue weighted by atomic mass is 14.3. The van der Waals surface area contributed by atoms with Crippen molar-refractivity contribution in [3.63, 3.8) is 0 Å². The average molecular weight is 295 g/mol. The van der Waals surface area contributed by atoms with Gasteiger partial charge in [-0.2, -0.15) is 0 Å². The van der Waals surface area contributed by atoms with Crippen LogP contribution in [0, 0.1) is 10.8 Å². The molecule has 0 fully saturated rings. The first kappa shape index (κ1) is 20.7. The molecule has 0 bridgehead atoms. The van der Waals surface area contributed by atoms with E-state index in [4.69, 9.17) is 0 Å². The van der Waals surface area contributed by atoms with Crippen molar-refractivity contribution in [1.29, 1.82) is 0 Å². The molecule has 0 aromatic heterocycles. The fourth-order valence-corrected chi connectivity index (χ4v) is 2.98. The predicted octanol–water partition coefficient (Wildman–Crippen LogP) is 7.93. The smallest absolute Gasteiger partial charge is 0.0121 e.